The summed E-state index contributed by atoms with van der Waals surface area (Å²) in [6.07, 6.45) is 0.685. The molecule has 5 heteroatoms. The van der Waals surface area contributed by atoms with Crippen LogP contribution in [0.25, 0.3) is 0 Å². The summed E-state index contributed by atoms with van der Waals surface area (Å²) < 4.78 is 0.841. The standard InChI is InChI=1S/C13H18BrN3O/c1-8(18)9-5-6-17(7-9)11-4-2-3-10(14)12(11)13(15)16/h2-4,8-9,18H,5-7H2,1H3,(H3,15,16). The number of hydrogen-bond acceptors (Lipinski definition) is 3. The topological polar surface area (TPSA) is 73.3 Å². The predicted molar refractivity (Wildman–Crippen MR) is 77.2 cm³/mol. The Kier molecular flexibility index (Phi) is 3.92. The molecule has 1 aromatic rings. The normalized spacial score (nSPS) is 21.1. The van der Waals surface area contributed by atoms with Crippen molar-refractivity contribution in [1.29, 1.82) is 5.41 Å². The van der Waals surface area contributed by atoms with Crippen molar-refractivity contribution in [3.63, 3.8) is 0 Å². The van der Waals surface area contributed by atoms with Crippen LogP contribution in [0, 0.1) is 11.3 Å². The first-order valence-electron chi connectivity index (χ1n) is 6.06. The Hall–Kier alpha value is -1.07. The van der Waals surface area contributed by atoms with Gasteiger partial charge in [0.2, 0.25) is 0 Å². The van der Waals surface area contributed by atoms with Crippen LogP contribution in [-0.4, -0.2) is 30.1 Å². The second kappa shape index (κ2) is 5.28. The zero-order valence-electron chi connectivity index (χ0n) is 10.4. The summed E-state index contributed by atoms with van der Waals surface area (Å²) in [6, 6.07) is 5.82. The molecule has 1 aliphatic rings. The molecule has 1 heterocycles. The summed E-state index contributed by atoms with van der Waals surface area (Å²) in [4.78, 5) is 2.19. The Morgan fingerprint density at radius 2 is 2.33 bits per heavy atom. The monoisotopic (exact) mass is 311 g/mol. The van der Waals surface area contributed by atoms with Gasteiger partial charge in [0.1, 0.15) is 5.84 Å². The van der Waals surface area contributed by atoms with Gasteiger partial charge in [-0.3, -0.25) is 5.41 Å². The van der Waals surface area contributed by atoms with Crippen LogP contribution >= 0.6 is 15.9 Å². The quantitative estimate of drug-likeness (QED) is 0.590. The fourth-order valence-electron chi connectivity index (χ4n) is 2.44. The van der Waals surface area contributed by atoms with Gasteiger partial charge in [0.05, 0.1) is 11.7 Å². The highest BCUT2D eigenvalue weighted by atomic mass is 79.9. The number of rotatable bonds is 3. The molecule has 2 unspecified atom stereocenters. The SMILES string of the molecule is CC(O)C1CCN(c2cccc(Br)c2C(=N)N)C1. The lowest BCUT2D eigenvalue weighted by atomic mass is 10.0. The van der Waals surface area contributed by atoms with E-state index < -0.39 is 0 Å². The molecule has 0 bridgehead atoms. The summed E-state index contributed by atoms with van der Waals surface area (Å²) in [5, 5.41) is 17.3. The first kappa shape index (κ1) is 13.4. The minimum atomic E-state index is -0.289. The summed E-state index contributed by atoms with van der Waals surface area (Å²) in [5.41, 5.74) is 7.37. The molecule has 0 saturated carbocycles. The van der Waals surface area contributed by atoms with E-state index >= 15 is 0 Å². The molecule has 0 spiro atoms. The summed E-state index contributed by atoms with van der Waals surface area (Å²) in [7, 11) is 0. The molecule has 0 aromatic heterocycles. The fourth-order valence-corrected chi connectivity index (χ4v) is 3.01. The highest BCUT2D eigenvalue weighted by Crippen LogP contribution is 2.32. The van der Waals surface area contributed by atoms with Crippen LogP contribution in [0.4, 0.5) is 5.69 Å². The van der Waals surface area contributed by atoms with E-state index in [9.17, 15) is 5.11 Å². The molecular weight excluding hydrogens is 294 g/mol. The van der Waals surface area contributed by atoms with Gasteiger partial charge in [-0.15, -0.1) is 0 Å². The van der Waals surface area contributed by atoms with E-state index in [2.05, 4.69) is 20.8 Å². The molecule has 1 fully saturated rings. The lowest BCUT2D eigenvalue weighted by molar-refractivity contribution is 0.136. The number of halogens is 1. The Morgan fingerprint density at radius 1 is 1.61 bits per heavy atom. The largest absolute Gasteiger partial charge is 0.393 e. The number of anilines is 1. The number of nitrogens with zero attached hydrogens (tertiary/aromatic N) is 1. The molecule has 1 saturated heterocycles. The highest BCUT2D eigenvalue weighted by Gasteiger charge is 2.28. The third-order valence-electron chi connectivity index (χ3n) is 3.51. The first-order chi connectivity index (χ1) is 8.50. The third-order valence-corrected chi connectivity index (χ3v) is 4.17. The van der Waals surface area contributed by atoms with Gasteiger partial charge >= 0.3 is 0 Å². The molecular formula is C13H18BrN3O. The van der Waals surface area contributed by atoms with E-state index in [0.29, 0.717) is 5.92 Å². The van der Waals surface area contributed by atoms with Crippen molar-refractivity contribution in [3.05, 3.63) is 28.2 Å². The van der Waals surface area contributed by atoms with Gasteiger partial charge < -0.3 is 15.7 Å². The molecule has 0 radical (unpaired) electrons. The van der Waals surface area contributed by atoms with Crippen molar-refractivity contribution < 1.29 is 5.11 Å². The van der Waals surface area contributed by atoms with E-state index in [4.69, 9.17) is 11.1 Å². The molecule has 0 amide bonds. The van der Waals surface area contributed by atoms with Gasteiger partial charge in [0, 0.05) is 29.2 Å². The van der Waals surface area contributed by atoms with Gasteiger partial charge in [0.15, 0.2) is 0 Å². The van der Waals surface area contributed by atoms with Crippen molar-refractivity contribution in [2.75, 3.05) is 18.0 Å². The Balaban J connectivity index is 2.30. The number of nitrogens with one attached hydrogen (secondary N) is 1. The second-order valence-corrected chi connectivity index (χ2v) is 5.64. The molecule has 1 aromatic carbocycles. The van der Waals surface area contributed by atoms with Crippen LogP contribution in [0.15, 0.2) is 22.7 Å². The van der Waals surface area contributed by atoms with Crippen molar-refractivity contribution in [3.8, 4) is 0 Å². The van der Waals surface area contributed by atoms with Crippen molar-refractivity contribution in [2.24, 2.45) is 11.7 Å². The maximum absolute atomic E-state index is 9.65. The predicted octanol–water partition coefficient (Wildman–Crippen LogP) is 1.94. The number of nitrogen functional groups attached to an aromatic ring is 1. The first-order valence-corrected chi connectivity index (χ1v) is 6.86. The summed E-state index contributed by atoms with van der Waals surface area (Å²) in [5.74, 6) is 0.363. The number of aliphatic hydroxyl groups is 1. The number of nitrogens with two attached hydrogens (primary N) is 1. The Labute approximate surface area is 115 Å². The van der Waals surface area contributed by atoms with Crippen LogP contribution < -0.4 is 10.6 Å². The van der Waals surface area contributed by atoms with E-state index in [0.717, 1.165) is 35.2 Å². The Morgan fingerprint density at radius 3 is 2.89 bits per heavy atom. The van der Waals surface area contributed by atoms with E-state index in [1.165, 1.54) is 0 Å². The summed E-state index contributed by atoms with van der Waals surface area (Å²) >= 11 is 3.44. The van der Waals surface area contributed by atoms with E-state index in [-0.39, 0.29) is 11.9 Å². The number of benzene rings is 1. The average molecular weight is 312 g/mol. The maximum Gasteiger partial charge on any atom is 0.126 e. The van der Waals surface area contributed by atoms with Gasteiger partial charge in [-0.05, 0) is 41.4 Å². The molecule has 0 aliphatic carbocycles. The smallest absolute Gasteiger partial charge is 0.126 e. The van der Waals surface area contributed by atoms with Crippen molar-refractivity contribution in [2.45, 2.75) is 19.4 Å². The zero-order valence-corrected chi connectivity index (χ0v) is 11.9. The van der Waals surface area contributed by atoms with Gasteiger partial charge in [-0.2, -0.15) is 0 Å². The Bertz CT molecular complexity index is 462. The molecule has 98 valence electrons. The fraction of sp³-hybridized carbons (Fsp3) is 0.462. The van der Waals surface area contributed by atoms with Crippen LogP contribution in [0.2, 0.25) is 0 Å². The molecule has 2 atom stereocenters. The molecule has 4 nitrogen and oxygen atoms in total. The van der Waals surface area contributed by atoms with Crippen LogP contribution in [0.3, 0.4) is 0 Å². The molecule has 2 rings (SSSR count). The number of hydrogen-bond donors (Lipinski definition) is 3. The minimum absolute atomic E-state index is 0.0676. The maximum atomic E-state index is 9.65. The average Bonchev–Trinajstić information content (AvgIpc) is 2.77. The van der Waals surface area contributed by atoms with Crippen LogP contribution in [0.1, 0.15) is 18.9 Å². The number of amidine groups is 1. The zero-order chi connectivity index (χ0) is 13.3. The van der Waals surface area contributed by atoms with Crippen molar-refractivity contribution >= 4 is 27.5 Å². The highest BCUT2D eigenvalue weighted by molar-refractivity contribution is 9.10. The van der Waals surface area contributed by atoms with Crippen LogP contribution in [0.5, 0.6) is 0 Å². The van der Waals surface area contributed by atoms with Gasteiger partial charge in [-0.1, -0.05) is 6.07 Å². The lowest BCUT2D eigenvalue weighted by Crippen LogP contribution is -2.26. The molecule has 18 heavy (non-hydrogen) atoms. The molecule has 4 N–H and O–H groups in total. The number of aliphatic hydroxyl groups excluding tert-OH is 1. The minimum Gasteiger partial charge on any atom is -0.393 e. The lowest BCUT2D eigenvalue weighted by Gasteiger charge is -2.23. The summed E-state index contributed by atoms with van der Waals surface area (Å²) in [6.45, 7) is 3.54. The van der Waals surface area contributed by atoms with E-state index in [1.54, 1.807) is 0 Å². The van der Waals surface area contributed by atoms with Crippen molar-refractivity contribution in [1.82, 2.24) is 0 Å². The van der Waals surface area contributed by atoms with Crippen LogP contribution in [-0.2, 0) is 0 Å². The van der Waals surface area contributed by atoms with E-state index in [1.807, 2.05) is 25.1 Å². The third kappa shape index (κ3) is 2.52. The molecule has 1 aliphatic heterocycles. The van der Waals surface area contributed by atoms with Gasteiger partial charge in [0.25, 0.3) is 0 Å². The second-order valence-electron chi connectivity index (χ2n) is 4.78. The van der Waals surface area contributed by atoms with Gasteiger partial charge in [-0.25, -0.2) is 0 Å².